The number of nitrogens with zero attached hydrogens (tertiary/aromatic N) is 3. The third-order valence-electron chi connectivity index (χ3n) is 3.47. The van der Waals surface area contributed by atoms with Crippen molar-refractivity contribution in [1.29, 1.82) is 0 Å². The van der Waals surface area contributed by atoms with Crippen LogP contribution in [0.25, 0.3) is 0 Å². The van der Waals surface area contributed by atoms with Crippen LogP contribution in [-0.4, -0.2) is 18.3 Å². The molecule has 0 aliphatic heterocycles. The second-order valence-electron chi connectivity index (χ2n) is 5.03. The van der Waals surface area contributed by atoms with Crippen molar-refractivity contribution in [2.75, 3.05) is 4.31 Å². The highest BCUT2D eigenvalue weighted by atomic mass is 32.2. The minimum absolute atomic E-state index is 0.101. The SMILES string of the molecule is O=[N+]([O-])c1ccccc1CN(c1nccs1)S(=O)(=O)c1ccccc1. The largest absolute Gasteiger partial charge is 0.274 e. The van der Waals surface area contributed by atoms with Crippen molar-refractivity contribution < 1.29 is 13.3 Å². The van der Waals surface area contributed by atoms with Crippen LogP contribution in [0.4, 0.5) is 10.8 Å². The smallest absolute Gasteiger partial charge is 0.258 e. The van der Waals surface area contributed by atoms with Gasteiger partial charge in [-0.3, -0.25) is 10.1 Å². The molecule has 0 fully saturated rings. The van der Waals surface area contributed by atoms with Gasteiger partial charge in [0.15, 0.2) is 5.13 Å². The van der Waals surface area contributed by atoms with Crippen LogP contribution in [0.2, 0.25) is 0 Å². The van der Waals surface area contributed by atoms with E-state index in [1.165, 1.54) is 24.4 Å². The van der Waals surface area contributed by atoms with E-state index in [9.17, 15) is 18.5 Å². The molecule has 9 heteroatoms. The van der Waals surface area contributed by atoms with Crippen molar-refractivity contribution in [3.05, 3.63) is 81.9 Å². The van der Waals surface area contributed by atoms with E-state index in [0.717, 1.165) is 15.6 Å². The first-order valence-corrected chi connectivity index (χ1v) is 9.51. The van der Waals surface area contributed by atoms with Gasteiger partial charge in [0.25, 0.3) is 15.7 Å². The van der Waals surface area contributed by atoms with E-state index in [2.05, 4.69) is 4.98 Å². The van der Waals surface area contributed by atoms with Gasteiger partial charge in [0.2, 0.25) is 0 Å². The number of thiazole rings is 1. The molecule has 0 aliphatic carbocycles. The Kier molecular flexibility index (Phi) is 4.77. The molecule has 0 amide bonds. The van der Waals surface area contributed by atoms with E-state index >= 15 is 0 Å². The molecule has 0 saturated heterocycles. The highest BCUT2D eigenvalue weighted by Crippen LogP contribution is 2.29. The molecule has 3 aromatic rings. The Morgan fingerprint density at radius 3 is 2.40 bits per heavy atom. The molecule has 1 heterocycles. The van der Waals surface area contributed by atoms with Crippen LogP contribution in [0.3, 0.4) is 0 Å². The van der Waals surface area contributed by atoms with Gasteiger partial charge >= 0.3 is 0 Å². The number of sulfonamides is 1. The fourth-order valence-corrected chi connectivity index (χ4v) is 4.58. The summed E-state index contributed by atoms with van der Waals surface area (Å²) in [7, 11) is -3.91. The summed E-state index contributed by atoms with van der Waals surface area (Å²) in [5.41, 5.74) is 0.162. The summed E-state index contributed by atoms with van der Waals surface area (Å²) in [6.07, 6.45) is 1.49. The van der Waals surface area contributed by atoms with E-state index in [1.807, 2.05) is 0 Å². The van der Waals surface area contributed by atoms with Gasteiger partial charge in [-0.2, -0.15) is 0 Å². The molecule has 2 aromatic carbocycles. The number of benzene rings is 2. The van der Waals surface area contributed by atoms with Gasteiger partial charge < -0.3 is 0 Å². The summed E-state index contributed by atoms with van der Waals surface area (Å²) in [5.74, 6) is 0. The molecule has 0 radical (unpaired) electrons. The highest BCUT2D eigenvalue weighted by Gasteiger charge is 2.29. The topological polar surface area (TPSA) is 93.4 Å². The van der Waals surface area contributed by atoms with Crippen LogP contribution < -0.4 is 4.31 Å². The Morgan fingerprint density at radius 1 is 1.08 bits per heavy atom. The van der Waals surface area contributed by atoms with Crippen LogP contribution in [0.15, 0.2) is 71.1 Å². The molecule has 0 aliphatic rings. The van der Waals surface area contributed by atoms with Crippen LogP contribution in [-0.2, 0) is 16.6 Å². The number of hydrogen-bond acceptors (Lipinski definition) is 6. The first-order chi connectivity index (χ1) is 12.0. The predicted molar refractivity (Wildman–Crippen MR) is 95.0 cm³/mol. The zero-order valence-electron chi connectivity index (χ0n) is 12.8. The predicted octanol–water partition coefficient (Wildman–Crippen LogP) is 3.45. The first-order valence-electron chi connectivity index (χ1n) is 7.20. The monoisotopic (exact) mass is 375 g/mol. The van der Waals surface area contributed by atoms with Crippen LogP contribution >= 0.6 is 11.3 Å². The molecule has 7 nitrogen and oxygen atoms in total. The molecule has 1 aromatic heterocycles. The second kappa shape index (κ2) is 6.99. The van der Waals surface area contributed by atoms with Gasteiger partial charge in [-0.05, 0) is 12.1 Å². The van der Waals surface area contributed by atoms with Crippen molar-refractivity contribution >= 4 is 32.2 Å². The lowest BCUT2D eigenvalue weighted by Crippen LogP contribution is -2.30. The second-order valence-corrected chi connectivity index (χ2v) is 7.76. The van der Waals surface area contributed by atoms with Crippen molar-refractivity contribution in [2.45, 2.75) is 11.4 Å². The Balaban J connectivity index is 2.08. The van der Waals surface area contributed by atoms with Crippen LogP contribution in [0.5, 0.6) is 0 Å². The van der Waals surface area contributed by atoms with Crippen molar-refractivity contribution in [1.82, 2.24) is 4.98 Å². The molecular weight excluding hydrogens is 362 g/mol. The molecule has 0 N–H and O–H groups in total. The summed E-state index contributed by atoms with van der Waals surface area (Å²) in [6, 6.07) is 14.0. The maximum Gasteiger partial charge on any atom is 0.274 e. The minimum atomic E-state index is -3.91. The lowest BCUT2D eigenvalue weighted by Gasteiger charge is -2.21. The average Bonchev–Trinajstić information content (AvgIpc) is 3.14. The molecule has 3 rings (SSSR count). The fourth-order valence-electron chi connectivity index (χ4n) is 2.29. The number of aromatic nitrogens is 1. The Labute approximate surface area is 148 Å². The molecule has 0 spiro atoms. The molecule has 0 bridgehead atoms. The number of para-hydroxylation sites is 1. The van der Waals surface area contributed by atoms with Gasteiger partial charge in [0.05, 0.1) is 21.9 Å². The van der Waals surface area contributed by atoms with Gasteiger partial charge in [-0.15, -0.1) is 11.3 Å². The van der Waals surface area contributed by atoms with Gasteiger partial charge in [0.1, 0.15) is 0 Å². The minimum Gasteiger partial charge on any atom is -0.258 e. The molecule has 0 atom stereocenters. The standard InChI is InChI=1S/C16H13N3O4S2/c20-19(21)15-9-5-4-6-13(15)12-18(16-17-10-11-24-16)25(22,23)14-7-2-1-3-8-14/h1-11H,12H2. The zero-order valence-corrected chi connectivity index (χ0v) is 14.5. The molecular formula is C16H13N3O4S2. The fraction of sp³-hybridized carbons (Fsp3) is 0.0625. The quantitative estimate of drug-likeness (QED) is 0.486. The van der Waals surface area contributed by atoms with E-state index in [4.69, 9.17) is 0 Å². The van der Waals surface area contributed by atoms with E-state index in [-0.39, 0.29) is 22.3 Å². The van der Waals surface area contributed by atoms with Crippen molar-refractivity contribution in [2.24, 2.45) is 0 Å². The van der Waals surface area contributed by atoms with Gasteiger partial charge in [0, 0.05) is 17.6 Å². The number of nitro benzene ring substituents is 1. The van der Waals surface area contributed by atoms with E-state index in [1.54, 1.807) is 41.8 Å². The molecule has 25 heavy (non-hydrogen) atoms. The average molecular weight is 375 g/mol. The first kappa shape index (κ1) is 17.1. The maximum absolute atomic E-state index is 13.0. The summed E-state index contributed by atoms with van der Waals surface area (Å²) >= 11 is 1.15. The highest BCUT2D eigenvalue weighted by molar-refractivity contribution is 7.93. The third kappa shape index (κ3) is 3.52. The van der Waals surface area contributed by atoms with Crippen molar-refractivity contribution in [3.8, 4) is 0 Å². The normalized spacial score (nSPS) is 11.2. The lowest BCUT2D eigenvalue weighted by atomic mass is 10.2. The molecule has 0 unspecified atom stereocenters. The summed E-state index contributed by atoms with van der Waals surface area (Å²) in [5, 5.41) is 13.1. The Bertz CT molecular complexity index is 974. The zero-order chi connectivity index (χ0) is 17.9. The third-order valence-corrected chi connectivity index (χ3v) is 6.13. The van der Waals surface area contributed by atoms with Crippen LogP contribution in [0.1, 0.15) is 5.56 Å². The lowest BCUT2D eigenvalue weighted by molar-refractivity contribution is -0.385. The van der Waals surface area contributed by atoms with Gasteiger partial charge in [-0.25, -0.2) is 17.7 Å². The number of anilines is 1. The van der Waals surface area contributed by atoms with E-state index < -0.39 is 14.9 Å². The van der Waals surface area contributed by atoms with E-state index in [0.29, 0.717) is 5.56 Å². The number of nitro groups is 1. The van der Waals surface area contributed by atoms with Crippen molar-refractivity contribution in [3.63, 3.8) is 0 Å². The molecule has 128 valence electrons. The summed E-state index contributed by atoms with van der Waals surface area (Å²) < 4.78 is 27.2. The summed E-state index contributed by atoms with van der Waals surface area (Å²) in [6.45, 7) is -0.179. The summed E-state index contributed by atoms with van der Waals surface area (Å²) in [4.78, 5) is 14.9. The molecule has 0 saturated carbocycles. The van der Waals surface area contributed by atoms with Crippen LogP contribution in [0, 0.1) is 10.1 Å². The number of rotatable bonds is 6. The maximum atomic E-state index is 13.0. The Morgan fingerprint density at radius 2 is 1.76 bits per heavy atom. The van der Waals surface area contributed by atoms with Gasteiger partial charge in [-0.1, -0.05) is 36.4 Å². The Hall–Kier alpha value is -2.78. The number of hydrogen-bond donors (Lipinski definition) is 0.